The van der Waals surface area contributed by atoms with Crippen molar-refractivity contribution >= 4 is 17.7 Å². The standard InChI is InChI=1S/C27H23N5O8/c33-16-10-8-14(9-11-16)25(37)28-18-5-3-7-22(18)40-26(38)15-12-20(34)23(21(35)13-15)24(36)17-4-1-2-6-19(17)32-30-27(39)29-31-32/h1-2,4,6,8-13,18,22,33-35H,3,5,7H2,(H,28,37)(H,30,39)/t18-,22-/m0/s1. The molecule has 1 saturated carbocycles. The Bertz CT molecular complexity index is 1640. The topological polar surface area (TPSA) is 197 Å². The average Bonchev–Trinajstić information content (AvgIpc) is 3.56. The van der Waals surface area contributed by atoms with E-state index >= 15 is 0 Å². The van der Waals surface area contributed by atoms with Crippen LogP contribution in [0.1, 0.15) is 55.9 Å². The van der Waals surface area contributed by atoms with Gasteiger partial charge in [-0.3, -0.25) is 9.59 Å². The predicted octanol–water partition coefficient (Wildman–Crippen LogP) is 1.81. The van der Waals surface area contributed by atoms with Gasteiger partial charge in [-0.05, 0) is 73.0 Å². The molecule has 0 spiro atoms. The van der Waals surface area contributed by atoms with Crippen molar-refractivity contribution in [3.05, 3.63) is 93.4 Å². The molecule has 13 heteroatoms. The van der Waals surface area contributed by atoms with Gasteiger partial charge in [0.15, 0.2) is 0 Å². The Balaban J connectivity index is 1.33. The number of nitrogens with one attached hydrogen (secondary N) is 2. The van der Waals surface area contributed by atoms with Crippen molar-refractivity contribution in [2.24, 2.45) is 0 Å². The molecule has 1 aliphatic rings. The molecular weight excluding hydrogens is 522 g/mol. The first-order valence-electron chi connectivity index (χ1n) is 12.2. The maximum absolute atomic E-state index is 13.3. The van der Waals surface area contributed by atoms with Crippen LogP contribution in [0, 0.1) is 0 Å². The molecule has 0 saturated heterocycles. The van der Waals surface area contributed by atoms with Crippen molar-refractivity contribution in [3.8, 4) is 22.9 Å². The molecule has 204 valence electrons. The predicted molar refractivity (Wildman–Crippen MR) is 138 cm³/mol. The number of tetrazole rings is 1. The van der Waals surface area contributed by atoms with Crippen LogP contribution in [0.5, 0.6) is 17.2 Å². The summed E-state index contributed by atoms with van der Waals surface area (Å²) in [5, 5.41) is 42.8. The Morgan fingerprint density at radius 2 is 1.65 bits per heavy atom. The minimum atomic E-state index is -0.860. The van der Waals surface area contributed by atoms with Gasteiger partial charge >= 0.3 is 11.7 Å². The number of aromatic amines is 1. The zero-order valence-electron chi connectivity index (χ0n) is 20.8. The van der Waals surface area contributed by atoms with Gasteiger partial charge in [0.2, 0.25) is 5.78 Å². The quantitative estimate of drug-likeness (QED) is 0.169. The third-order valence-corrected chi connectivity index (χ3v) is 6.52. The molecule has 1 fully saturated rings. The summed E-state index contributed by atoms with van der Waals surface area (Å²) in [4.78, 5) is 51.2. The zero-order valence-corrected chi connectivity index (χ0v) is 20.8. The van der Waals surface area contributed by atoms with E-state index in [0.717, 1.165) is 16.9 Å². The molecule has 4 aromatic rings. The summed E-state index contributed by atoms with van der Waals surface area (Å²) < 4.78 is 5.59. The third kappa shape index (κ3) is 5.25. The summed E-state index contributed by atoms with van der Waals surface area (Å²) in [6.45, 7) is 0. The number of rotatable bonds is 7. The number of para-hydroxylation sites is 1. The molecule has 2 atom stereocenters. The molecule has 1 aliphatic carbocycles. The number of esters is 1. The van der Waals surface area contributed by atoms with Crippen LogP contribution in [-0.4, -0.2) is 65.3 Å². The number of nitrogens with zero attached hydrogens (tertiary/aromatic N) is 3. The Labute approximate surface area is 225 Å². The van der Waals surface area contributed by atoms with Crippen LogP contribution in [0.3, 0.4) is 0 Å². The first kappa shape index (κ1) is 26.2. The number of phenols is 3. The van der Waals surface area contributed by atoms with Crippen molar-refractivity contribution in [2.75, 3.05) is 0 Å². The van der Waals surface area contributed by atoms with Crippen LogP contribution < -0.4 is 11.0 Å². The molecule has 13 nitrogen and oxygen atoms in total. The number of ketones is 1. The number of hydrogen-bond acceptors (Lipinski definition) is 10. The SMILES string of the molecule is O=C(N[C@H]1CCC[C@@H]1OC(=O)c1cc(O)c(C(=O)c2ccccc2-n2nnc(=O)[nH]2)c(O)c1)c1ccc(O)cc1. The summed E-state index contributed by atoms with van der Waals surface area (Å²) in [6, 6.07) is 13.3. The van der Waals surface area contributed by atoms with E-state index in [4.69, 9.17) is 4.74 Å². The molecule has 0 unspecified atom stereocenters. The van der Waals surface area contributed by atoms with Gasteiger partial charge in [-0.25, -0.2) is 14.7 Å². The third-order valence-electron chi connectivity index (χ3n) is 6.52. The lowest BCUT2D eigenvalue weighted by molar-refractivity contribution is 0.0249. The molecule has 0 aliphatic heterocycles. The van der Waals surface area contributed by atoms with E-state index in [1.807, 2.05) is 0 Å². The highest BCUT2D eigenvalue weighted by molar-refractivity contribution is 6.14. The van der Waals surface area contributed by atoms with Crippen LogP contribution in [-0.2, 0) is 4.74 Å². The zero-order chi connectivity index (χ0) is 28.4. The first-order valence-corrected chi connectivity index (χ1v) is 12.2. The summed E-state index contributed by atoms with van der Waals surface area (Å²) in [5.41, 5.74) is -0.932. The fourth-order valence-corrected chi connectivity index (χ4v) is 4.58. The average molecular weight is 546 g/mol. The first-order chi connectivity index (χ1) is 19.2. The van der Waals surface area contributed by atoms with Crippen molar-refractivity contribution in [2.45, 2.75) is 31.4 Å². The second-order valence-electron chi connectivity index (χ2n) is 9.16. The van der Waals surface area contributed by atoms with Gasteiger partial charge in [-0.15, -0.1) is 0 Å². The second kappa shape index (κ2) is 10.7. The van der Waals surface area contributed by atoms with Crippen molar-refractivity contribution < 1.29 is 34.4 Å². The van der Waals surface area contributed by atoms with Crippen LogP contribution in [0.2, 0.25) is 0 Å². The minimum absolute atomic E-state index is 0.0113. The van der Waals surface area contributed by atoms with Crippen LogP contribution in [0.25, 0.3) is 5.69 Å². The number of benzene rings is 3. The van der Waals surface area contributed by atoms with Gasteiger partial charge in [0.1, 0.15) is 28.9 Å². The molecule has 0 bridgehead atoms. The van der Waals surface area contributed by atoms with Crippen LogP contribution in [0.4, 0.5) is 0 Å². The van der Waals surface area contributed by atoms with Crippen molar-refractivity contribution in [3.63, 3.8) is 0 Å². The maximum Gasteiger partial charge on any atom is 0.381 e. The van der Waals surface area contributed by atoms with E-state index in [1.54, 1.807) is 12.1 Å². The monoisotopic (exact) mass is 545 g/mol. The molecule has 5 rings (SSSR count). The Morgan fingerprint density at radius 1 is 0.950 bits per heavy atom. The highest BCUT2D eigenvalue weighted by atomic mass is 16.5. The number of hydrogen-bond donors (Lipinski definition) is 5. The van der Waals surface area contributed by atoms with Gasteiger partial charge in [0.25, 0.3) is 5.91 Å². The Kier molecular flexibility index (Phi) is 7.01. The van der Waals surface area contributed by atoms with E-state index in [9.17, 15) is 34.5 Å². The lowest BCUT2D eigenvalue weighted by Crippen LogP contribution is -2.41. The maximum atomic E-state index is 13.3. The Hall–Kier alpha value is -5.46. The fraction of sp³-hybridized carbons (Fsp3) is 0.185. The molecule has 3 aromatic carbocycles. The lowest BCUT2D eigenvalue weighted by atomic mass is 9.98. The van der Waals surface area contributed by atoms with Crippen LogP contribution >= 0.6 is 0 Å². The number of amides is 1. The van der Waals surface area contributed by atoms with E-state index in [2.05, 4.69) is 20.7 Å². The normalized spacial score (nSPS) is 16.4. The van der Waals surface area contributed by atoms with Gasteiger partial charge < -0.3 is 25.4 Å². The smallest absolute Gasteiger partial charge is 0.381 e. The van der Waals surface area contributed by atoms with Crippen molar-refractivity contribution in [1.82, 2.24) is 25.5 Å². The van der Waals surface area contributed by atoms with E-state index in [-0.39, 0.29) is 28.5 Å². The number of phenolic OH excluding ortho intramolecular Hbond substituents is 3. The summed E-state index contributed by atoms with van der Waals surface area (Å²) in [6.07, 6.45) is 1.10. The molecule has 5 N–H and O–H groups in total. The number of aromatic nitrogens is 4. The Morgan fingerprint density at radius 3 is 2.33 bits per heavy atom. The van der Waals surface area contributed by atoms with E-state index in [0.29, 0.717) is 24.8 Å². The molecule has 1 aromatic heterocycles. The lowest BCUT2D eigenvalue weighted by Gasteiger charge is -2.21. The largest absolute Gasteiger partial charge is 0.508 e. The molecule has 1 amide bonds. The van der Waals surface area contributed by atoms with Gasteiger partial charge in [-0.2, -0.15) is 4.80 Å². The van der Waals surface area contributed by atoms with Gasteiger partial charge in [0, 0.05) is 5.56 Å². The fourth-order valence-electron chi connectivity index (χ4n) is 4.58. The highest BCUT2D eigenvalue weighted by Crippen LogP contribution is 2.33. The van der Waals surface area contributed by atoms with E-state index in [1.165, 1.54) is 36.4 Å². The van der Waals surface area contributed by atoms with Crippen LogP contribution in [0.15, 0.2) is 65.5 Å². The van der Waals surface area contributed by atoms with Gasteiger partial charge in [-0.1, -0.05) is 17.2 Å². The number of carbonyl (C=O) groups excluding carboxylic acids is 3. The molecular formula is C27H23N5O8. The molecule has 40 heavy (non-hydrogen) atoms. The number of carbonyl (C=O) groups is 3. The number of aromatic hydroxyl groups is 3. The number of ether oxygens (including phenoxy) is 1. The van der Waals surface area contributed by atoms with Crippen molar-refractivity contribution in [1.29, 1.82) is 0 Å². The minimum Gasteiger partial charge on any atom is -0.508 e. The highest BCUT2D eigenvalue weighted by Gasteiger charge is 2.33. The molecule has 0 radical (unpaired) electrons. The molecule has 1 heterocycles. The summed E-state index contributed by atoms with van der Waals surface area (Å²) >= 11 is 0. The summed E-state index contributed by atoms with van der Waals surface area (Å²) in [7, 11) is 0. The summed E-state index contributed by atoms with van der Waals surface area (Å²) in [5.74, 6) is -3.35. The second-order valence-corrected chi connectivity index (χ2v) is 9.16. The number of H-pyrrole nitrogens is 1. The van der Waals surface area contributed by atoms with Gasteiger partial charge in [0.05, 0.1) is 22.9 Å². The van der Waals surface area contributed by atoms with E-state index < -0.39 is 46.7 Å².